The van der Waals surface area contributed by atoms with Crippen molar-refractivity contribution in [3.8, 4) is 0 Å². The summed E-state index contributed by atoms with van der Waals surface area (Å²) in [4.78, 5) is 25.4. The van der Waals surface area contributed by atoms with Crippen LogP contribution in [0.4, 0.5) is 0 Å². The van der Waals surface area contributed by atoms with Gasteiger partial charge in [-0.05, 0) is 6.92 Å². The third-order valence-electron chi connectivity index (χ3n) is 3.30. The highest BCUT2D eigenvalue weighted by Crippen LogP contribution is 2.40. The Morgan fingerprint density at radius 2 is 1.72 bits per heavy atom. The van der Waals surface area contributed by atoms with Gasteiger partial charge in [0.2, 0.25) is 0 Å². The molecule has 2 aliphatic rings. The molecule has 3 rings (SSSR count). The summed E-state index contributed by atoms with van der Waals surface area (Å²) in [7, 11) is 1.66. The number of hydrogen-bond acceptors (Lipinski definition) is 3. The van der Waals surface area contributed by atoms with Crippen molar-refractivity contribution in [3.05, 3.63) is 52.7 Å². The fourth-order valence-corrected chi connectivity index (χ4v) is 2.22. The van der Waals surface area contributed by atoms with E-state index in [1.54, 1.807) is 14.0 Å². The first-order valence-electron chi connectivity index (χ1n) is 5.62. The van der Waals surface area contributed by atoms with Crippen LogP contribution < -0.4 is 0 Å². The van der Waals surface area contributed by atoms with Gasteiger partial charge in [-0.1, -0.05) is 30.3 Å². The zero-order valence-corrected chi connectivity index (χ0v) is 10.1. The SMILES string of the molecule is CC1=C2C(=O)OC(c3ccccc3)=C2C(=O)N1C. The first-order chi connectivity index (χ1) is 8.61. The molecule has 1 amide bonds. The van der Waals surface area contributed by atoms with Crippen LogP contribution in [0.3, 0.4) is 0 Å². The minimum Gasteiger partial charge on any atom is -0.421 e. The number of carbonyl (C=O) groups excluding carboxylic acids is 2. The summed E-state index contributed by atoms with van der Waals surface area (Å²) in [6, 6.07) is 9.19. The molecule has 0 saturated carbocycles. The number of hydrogen-bond donors (Lipinski definition) is 0. The average Bonchev–Trinajstić information content (AvgIpc) is 2.84. The summed E-state index contributed by atoms with van der Waals surface area (Å²) in [5.74, 6) is -0.268. The van der Waals surface area contributed by atoms with E-state index >= 15 is 0 Å². The molecule has 0 spiro atoms. The molecule has 0 fully saturated rings. The van der Waals surface area contributed by atoms with Gasteiger partial charge in [-0.3, -0.25) is 4.79 Å². The minimum absolute atomic E-state index is 0.188. The second-order valence-corrected chi connectivity index (χ2v) is 4.28. The molecule has 1 aromatic carbocycles. The van der Waals surface area contributed by atoms with Gasteiger partial charge in [0.25, 0.3) is 5.91 Å². The molecule has 90 valence electrons. The Balaban J connectivity index is 2.23. The molecule has 18 heavy (non-hydrogen) atoms. The van der Waals surface area contributed by atoms with Gasteiger partial charge in [0, 0.05) is 18.3 Å². The zero-order valence-electron chi connectivity index (χ0n) is 10.1. The minimum atomic E-state index is -0.445. The molecule has 0 bridgehead atoms. The summed E-state index contributed by atoms with van der Waals surface area (Å²) in [5.41, 5.74) is 2.16. The number of carbonyl (C=O) groups is 2. The van der Waals surface area contributed by atoms with Crippen molar-refractivity contribution in [2.45, 2.75) is 6.92 Å². The molecule has 0 saturated heterocycles. The fourth-order valence-electron chi connectivity index (χ4n) is 2.22. The quantitative estimate of drug-likeness (QED) is 0.703. The number of likely N-dealkylation sites (N-methyl/N-ethyl adjacent to an activating group) is 1. The number of fused-ring (bicyclic) bond motifs is 1. The largest absolute Gasteiger partial charge is 0.421 e. The smallest absolute Gasteiger partial charge is 0.346 e. The maximum Gasteiger partial charge on any atom is 0.346 e. The molecule has 2 heterocycles. The molecule has 4 nitrogen and oxygen atoms in total. The Morgan fingerprint density at radius 3 is 2.39 bits per heavy atom. The summed E-state index contributed by atoms with van der Waals surface area (Å²) < 4.78 is 5.24. The summed E-state index contributed by atoms with van der Waals surface area (Å²) in [6.45, 7) is 1.75. The maximum absolute atomic E-state index is 12.1. The van der Waals surface area contributed by atoms with E-state index < -0.39 is 5.97 Å². The summed E-state index contributed by atoms with van der Waals surface area (Å²) in [6.07, 6.45) is 0. The van der Waals surface area contributed by atoms with Crippen LogP contribution in [0.5, 0.6) is 0 Å². The Kier molecular flexibility index (Phi) is 2.13. The predicted octanol–water partition coefficient (Wildman–Crippen LogP) is 1.70. The standard InChI is InChI=1S/C14H11NO3/c1-8-10-11(13(16)15(8)2)12(18-14(10)17)9-6-4-3-5-7-9/h3-7H,1-2H3. The molecule has 0 atom stereocenters. The number of allylic oxidation sites excluding steroid dienone is 1. The highest BCUT2D eigenvalue weighted by molar-refractivity contribution is 6.21. The number of ether oxygens (including phenoxy) is 1. The maximum atomic E-state index is 12.1. The van der Waals surface area contributed by atoms with Crippen LogP contribution in [-0.4, -0.2) is 23.8 Å². The van der Waals surface area contributed by atoms with Gasteiger partial charge in [-0.25, -0.2) is 4.79 Å². The molecule has 4 heteroatoms. The Bertz CT molecular complexity index is 626. The third-order valence-corrected chi connectivity index (χ3v) is 3.30. The number of benzene rings is 1. The summed E-state index contributed by atoms with van der Waals surface area (Å²) >= 11 is 0. The Morgan fingerprint density at radius 1 is 1.06 bits per heavy atom. The van der Waals surface area contributed by atoms with Crippen LogP contribution in [0.2, 0.25) is 0 Å². The normalized spacial score (nSPS) is 18.7. The van der Waals surface area contributed by atoms with Crippen LogP contribution in [0.15, 0.2) is 47.2 Å². The van der Waals surface area contributed by atoms with E-state index in [4.69, 9.17) is 4.74 Å². The van der Waals surface area contributed by atoms with Crippen molar-refractivity contribution in [3.63, 3.8) is 0 Å². The predicted molar refractivity (Wildman–Crippen MR) is 64.9 cm³/mol. The highest BCUT2D eigenvalue weighted by atomic mass is 16.5. The fraction of sp³-hybridized carbons (Fsp3) is 0.143. The van der Waals surface area contributed by atoms with Crippen LogP contribution in [0, 0.1) is 0 Å². The zero-order chi connectivity index (χ0) is 12.9. The van der Waals surface area contributed by atoms with E-state index in [1.807, 2.05) is 30.3 Å². The highest BCUT2D eigenvalue weighted by Gasteiger charge is 2.43. The topological polar surface area (TPSA) is 46.6 Å². The first-order valence-corrected chi connectivity index (χ1v) is 5.62. The molecule has 0 aromatic heterocycles. The molecule has 1 aromatic rings. The molecule has 0 N–H and O–H groups in total. The molecular weight excluding hydrogens is 230 g/mol. The van der Waals surface area contributed by atoms with Crippen LogP contribution >= 0.6 is 0 Å². The van der Waals surface area contributed by atoms with Crippen LogP contribution in [0.1, 0.15) is 12.5 Å². The lowest BCUT2D eigenvalue weighted by atomic mass is 10.0. The van der Waals surface area contributed by atoms with Crippen molar-refractivity contribution in [1.82, 2.24) is 4.90 Å². The molecule has 0 aliphatic carbocycles. The Labute approximate surface area is 104 Å². The monoisotopic (exact) mass is 241 g/mol. The summed E-state index contributed by atoms with van der Waals surface area (Å²) in [5, 5.41) is 0. The van der Waals surface area contributed by atoms with Gasteiger partial charge in [0.15, 0.2) is 5.76 Å². The van der Waals surface area contributed by atoms with Gasteiger partial charge >= 0.3 is 5.97 Å². The van der Waals surface area contributed by atoms with Crippen molar-refractivity contribution >= 4 is 17.6 Å². The van der Waals surface area contributed by atoms with Crippen molar-refractivity contribution in [2.24, 2.45) is 0 Å². The van der Waals surface area contributed by atoms with Gasteiger partial charge in [-0.2, -0.15) is 0 Å². The number of amides is 1. The number of cyclic esters (lactones) is 1. The van der Waals surface area contributed by atoms with Crippen LogP contribution in [-0.2, 0) is 14.3 Å². The molecule has 2 aliphatic heterocycles. The van der Waals surface area contributed by atoms with E-state index in [0.29, 0.717) is 22.6 Å². The Hall–Kier alpha value is -2.36. The van der Waals surface area contributed by atoms with Crippen LogP contribution in [0.25, 0.3) is 5.76 Å². The molecular formula is C14H11NO3. The van der Waals surface area contributed by atoms with Gasteiger partial charge in [0.05, 0.1) is 11.1 Å². The van der Waals surface area contributed by atoms with Crippen molar-refractivity contribution in [1.29, 1.82) is 0 Å². The lowest BCUT2D eigenvalue weighted by molar-refractivity contribution is -0.131. The lowest BCUT2D eigenvalue weighted by Gasteiger charge is -2.11. The average molecular weight is 241 g/mol. The van der Waals surface area contributed by atoms with E-state index in [1.165, 1.54) is 4.90 Å². The number of esters is 1. The third kappa shape index (κ3) is 1.26. The number of nitrogens with zero attached hydrogens (tertiary/aromatic N) is 1. The molecule has 0 unspecified atom stereocenters. The second kappa shape index (κ2) is 3.57. The first kappa shape index (κ1) is 10.8. The second-order valence-electron chi connectivity index (χ2n) is 4.28. The number of rotatable bonds is 1. The lowest BCUT2D eigenvalue weighted by Crippen LogP contribution is -2.20. The van der Waals surface area contributed by atoms with Gasteiger partial charge in [0.1, 0.15) is 0 Å². The van der Waals surface area contributed by atoms with E-state index in [9.17, 15) is 9.59 Å². The van der Waals surface area contributed by atoms with E-state index in [-0.39, 0.29) is 5.91 Å². The van der Waals surface area contributed by atoms with E-state index in [2.05, 4.69) is 0 Å². The molecule has 0 radical (unpaired) electrons. The van der Waals surface area contributed by atoms with Gasteiger partial charge in [-0.15, -0.1) is 0 Å². The van der Waals surface area contributed by atoms with Crippen molar-refractivity contribution < 1.29 is 14.3 Å². The van der Waals surface area contributed by atoms with Crippen molar-refractivity contribution in [2.75, 3.05) is 7.05 Å². The van der Waals surface area contributed by atoms with E-state index in [0.717, 1.165) is 5.56 Å². The van der Waals surface area contributed by atoms with Gasteiger partial charge < -0.3 is 9.64 Å².